The van der Waals surface area contributed by atoms with Gasteiger partial charge in [0.25, 0.3) is 0 Å². The molecule has 0 bridgehead atoms. The van der Waals surface area contributed by atoms with Gasteiger partial charge in [0.05, 0.1) is 6.10 Å². The van der Waals surface area contributed by atoms with E-state index in [4.69, 9.17) is 4.74 Å². The topological polar surface area (TPSA) is 46.5 Å². The van der Waals surface area contributed by atoms with Gasteiger partial charge in [0.15, 0.2) is 0 Å². The van der Waals surface area contributed by atoms with Crippen LogP contribution in [0, 0.1) is 0 Å². The summed E-state index contributed by atoms with van der Waals surface area (Å²) in [5.41, 5.74) is -0.190. The lowest BCUT2D eigenvalue weighted by molar-refractivity contribution is -0.161. The zero-order valence-corrected chi connectivity index (χ0v) is 18.7. The molecule has 3 heteroatoms. The van der Waals surface area contributed by atoms with Crippen molar-refractivity contribution in [2.24, 2.45) is 0 Å². The number of hydrogen-bond donors (Lipinski definition) is 1. The summed E-state index contributed by atoms with van der Waals surface area (Å²) >= 11 is 0. The molecule has 0 saturated heterocycles. The van der Waals surface area contributed by atoms with Gasteiger partial charge in [-0.1, -0.05) is 70.4 Å². The average Bonchev–Trinajstić information content (AvgIpc) is 2.67. The first kappa shape index (κ1) is 25.2. The van der Waals surface area contributed by atoms with Crippen molar-refractivity contribution in [2.75, 3.05) is 0 Å². The highest BCUT2D eigenvalue weighted by Gasteiger charge is 2.30. The van der Waals surface area contributed by atoms with Gasteiger partial charge in [-0.15, -0.1) is 0 Å². The average molecular weight is 395 g/mol. The van der Waals surface area contributed by atoms with Crippen molar-refractivity contribution in [3.63, 3.8) is 0 Å². The third kappa shape index (κ3) is 13.4. The van der Waals surface area contributed by atoms with Gasteiger partial charge in [-0.25, -0.2) is 0 Å². The third-order valence-electron chi connectivity index (χ3n) is 5.99. The van der Waals surface area contributed by atoms with Crippen molar-refractivity contribution in [3.8, 4) is 0 Å². The Kier molecular flexibility index (Phi) is 14.4. The molecule has 0 aliphatic heterocycles. The van der Waals surface area contributed by atoms with E-state index in [1.54, 1.807) is 0 Å². The summed E-state index contributed by atoms with van der Waals surface area (Å²) in [6.45, 7) is 4.31. The molecule has 164 valence electrons. The summed E-state index contributed by atoms with van der Waals surface area (Å²) in [6, 6.07) is 0. The van der Waals surface area contributed by atoms with Crippen LogP contribution in [0.5, 0.6) is 0 Å². The lowest BCUT2D eigenvalue weighted by Crippen LogP contribution is -2.33. The Bertz CT molecular complexity index is 410. The van der Waals surface area contributed by atoms with E-state index in [1.807, 2.05) is 0 Å². The van der Waals surface area contributed by atoms with Gasteiger partial charge in [-0.2, -0.15) is 0 Å². The second-order valence-electron chi connectivity index (χ2n) is 9.00. The quantitative estimate of drug-likeness (QED) is 0.170. The van der Waals surface area contributed by atoms with Crippen molar-refractivity contribution in [1.82, 2.24) is 0 Å². The first-order valence-corrected chi connectivity index (χ1v) is 12.1. The molecule has 1 N–H and O–H groups in total. The second-order valence-corrected chi connectivity index (χ2v) is 9.00. The molecule has 1 atom stereocenters. The third-order valence-corrected chi connectivity index (χ3v) is 5.99. The fraction of sp³-hybridized carbons (Fsp3) is 0.880. The van der Waals surface area contributed by atoms with E-state index in [0.717, 1.165) is 51.4 Å². The number of rotatable bonds is 16. The van der Waals surface area contributed by atoms with Crippen molar-refractivity contribution in [3.05, 3.63) is 12.2 Å². The van der Waals surface area contributed by atoms with E-state index >= 15 is 0 Å². The Morgan fingerprint density at radius 2 is 1.64 bits per heavy atom. The number of carbonyl (C=O) groups is 1. The van der Waals surface area contributed by atoms with E-state index < -0.39 is 0 Å². The Morgan fingerprint density at radius 3 is 2.39 bits per heavy atom. The molecule has 0 heterocycles. The van der Waals surface area contributed by atoms with E-state index in [9.17, 15) is 9.90 Å². The van der Waals surface area contributed by atoms with Crippen molar-refractivity contribution < 1.29 is 14.6 Å². The summed E-state index contributed by atoms with van der Waals surface area (Å²) in [5.74, 6) is 0.000542. The van der Waals surface area contributed by atoms with Gasteiger partial charge in [0.1, 0.15) is 5.60 Å². The molecule has 1 rings (SSSR count). The number of aliphatic hydroxyl groups is 1. The first-order chi connectivity index (χ1) is 13.6. The highest BCUT2D eigenvalue weighted by atomic mass is 16.6. The van der Waals surface area contributed by atoms with Crippen LogP contribution in [0.4, 0.5) is 0 Å². The summed E-state index contributed by atoms with van der Waals surface area (Å²) in [4.78, 5) is 12.0. The summed E-state index contributed by atoms with van der Waals surface area (Å²) in [5, 5.41) is 9.92. The number of carbonyl (C=O) groups excluding carboxylic acids is 1. The van der Waals surface area contributed by atoms with Gasteiger partial charge in [0, 0.05) is 6.42 Å². The standard InChI is InChI=1S/C25H46O3/c1-3-4-5-13-18-23(26)19-14-10-8-6-7-9-11-15-20-24(27)28-25(2)21-16-12-17-22-25/h10,14,23,26H,3-9,11-13,15-22H2,1-2H3/b14-10-/t23-/m1/s1. The number of aliphatic hydroxyl groups excluding tert-OH is 1. The molecule has 0 unspecified atom stereocenters. The summed E-state index contributed by atoms with van der Waals surface area (Å²) < 4.78 is 5.74. The van der Waals surface area contributed by atoms with Crippen LogP contribution in [0.3, 0.4) is 0 Å². The van der Waals surface area contributed by atoms with Crippen LogP contribution in [-0.4, -0.2) is 22.8 Å². The highest BCUT2D eigenvalue weighted by molar-refractivity contribution is 5.69. The van der Waals surface area contributed by atoms with Crippen molar-refractivity contribution >= 4 is 5.97 Å². The van der Waals surface area contributed by atoms with Crippen molar-refractivity contribution in [2.45, 2.75) is 141 Å². The van der Waals surface area contributed by atoms with Crippen molar-refractivity contribution in [1.29, 1.82) is 0 Å². The Hall–Kier alpha value is -0.830. The fourth-order valence-electron chi connectivity index (χ4n) is 4.09. The van der Waals surface area contributed by atoms with Crippen LogP contribution in [0.1, 0.15) is 129 Å². The normalized spacial score (nSPS) is 17.7. The molecule has 1 fully saturated rings. The van der Waals surface area contributed by atoms with Crippen LogP contribution in [0.2, 0.25) is 0 Å². The Balaban J connectivity index is 1.90. The highest BCUT2D eigenvalue weighted by Crippen LogP contribution is 2.31. The van der Waals surface area contributed by atoms with Gasteiger partial charge < -0.3 is 9.84 Å². The smallest absolute Gasteiger partial charge is 0.306 e. The van der Waals surface area contributed by atoms with Crippen LogP contribution >= 0.6 is 0 Å². The van der Waals surface area contributed by atoms with E-state index in [1.165, 1.54) is 57.8 Å². The minimum Gasteiger partial charge on any atom is -0.459 e. The maximum absolute atomic E-state index is 12.0. The number of esters is 1. The summed E-state index contributed by atoms with van der Waals surface area (Å²) in [6.07, 6.45) is 23.9. The molecule has 0 aromatic rings. The predicted molar refractivity (Wildman–Crippen MR) is 118 cm³/mol. The summed E-state index contributed by atoms with van der Waals surface area (Å²) in [7, 11) is 0. The SMILES string of the molecule is CCCCCC[C@@H](O)C/C=C\CCCCCCCC(=O)OC1(C)CCCCC1. The molecule has 28 heavy (non-hydrogen) atoms. The fourth-order valence-corrected chi connectivity index (χ4v) is 4.09. The molecule has 0 spiro atoms. The number of ether oxygens (including phenoxy) is 1. The zero-order valence-electron chi connectivity index (χ0n) is 18.7. The Labute approximate surface area is 174 Å². The van der Waals surface area contributed by atoms with Crippen LogP contribution in [-0.2, 0) is 9.53 Å². The molecule has 0 aromatic carbocycles. The van der Waals surface area contributed by atoms with Crippen LogP contribution in [0.25, 0.3) is 0 Å². The monoisotopic (exact) mass is 394 g/mol. The van der Waals surface area contributed by atoms with Gasteiger partial charge in [0.2, 0.25) is 0 Å². The molecule has 3 nitrogen and oxygen atoms in total. The van der Waals surface area contributed by atoms with Crippen LogP contribution < -0.4 is 0 Å². The molecular formula is C25H46O3. The first-order valence-electron chi connectivity index (χ1n) is 12.1. The van der Waals surface area contributed by atoms with Crippen LogP contribution in [0.15, 0.2) is 12.2 Å². The minimum atomic E-state index is -0.190. The predicted octanol–water partition coefficient (Wildman–Crippen LogP) is 7.26. The van der Waals surface area contributed by atoms with Gasteiger partial charge in [-0.05, 0) is 64.7 Å². The molecule has 0 amide bonds. The molecule has 0 aromatic heterocycles. The molecule has 1 aliphatic rings. The lowest BCUT2D eigenvalue weighted by atomic mass is 9.86. The second kappa shape index (κ2) is 16.0. The molecule has 1 aliphatic carbocycles. The van der Waals surface area contributed by atoms with E-state index in [-0.39, 0.29) is 17.7 Å². The van der Waals surface area contributed by atoms with E-state index in [0.29, 0.717) is 6.42 Å². The molecule has 0 radical (unpaired) electrons. The lowest BCUT2D eigenvalue weighted by Gasteiger charge is -2.33. The van der Waals surface area contributed by atoms with Gasteiger partial charge in [-0.3, -0.25) is 4.79 Å². The zero-order chi connectivity index (χ0) is 20.5. The maximum Gasteiger partial charge on any atom is 0.306 e. The van der Waals surface area contributed by atoms with E-state index in [2.05, 4.69) is 26.0 Å². The number of allylic oxidation sites excluding steroid dienone is 1. The number of hydrogen-bond acceptors (Lipinski definition) is 3. The number of unbranched alkanes of at least 4 members (excludes halogenated alkanes) is 8. The minimum absolute atomic E-state index is 0.000542. The van der Waals surface area contributed by atoms with Gasteiger partial charge >= 0.3 is 5.97 Å². The Morgan fingerprint density at radius 1 is 0.964 bits per heavy atom. The largest absolute Gasteiger partial charge is 0.459 e. The molecular weight excluding hydrogens is 348 g/mol. The maximum atomic E-state index is 12.0. The molecule has 1 saturated carbocycles.